The second-order valence-electron chi connectivity index (χ2n) is 5.37. The molecule has 0 atom stereocenters. The van der Waals surface area contributed by atoms with Gasteiger partial charge in [-0.3, -0.25) is 0 Å². The van der Waals surface area contributed by atoms with Crippen LogP contribution in [0.2, 0.25) is 5.02 Å². The van der Waals surface area contributed by atoms with E-state index in [0.717, 1.165) is 34.5 Å². The zero-order valence-electron chi connectivity index (χ0n) is 12.5. The Morgan fingerprint density at radius 3 is 2.67 bits per heavy atom. The summed E-state index contributed by atoms with van der Waals surface area (Å²) in [4.78, 5) is 4.50. The molecule has 0 fully saturated rings. The van der Waals surface area contributed by atoms with Gasteiger partial charge in [0.25, 0.3) is 0 Å². The molecule has 0 aliphatic heterocycles. The molecule has 0 spiro atoms. The van der Waals surface area contributed by atoms with Crippen LogP contribution in [0.4, 0.5) is 0 Å². The van der Waals surface area contributed by atoms with Gasteiger partial charge in [-0.2, -0.15) is 0 Å². The van der Waals surface area contributed by atoms with Gasteiger partial charge in [-0.15, -0.1) is 11.8 Å². The van der Waals surface area contributed by atoms with Crippen molar-refractivity contribution >= 4 is 23.4 Å². The fourth-order valence-electron chi connectivity index (χ4n) is 1.95. The van der Waals surface area contributed by atoms with Crippen LogP contribution in [0, 0.1) is 5.92 Å². The first-order chi connectivity index (χ1) is 10.2. The Balaban J connectivity index is 1.98. The second kappa shape index (κ2) is 8.42. The number of pyridine rings is 1. The van der Waals surface area contributed by atoms with E-state index in [-0.39, 0.29) is 0 Å². The van der Waals surface area contributed by atoms with Gasteiger partial charge in [0.05, 0.1) is 0 Å². The van der Waals surface area contributed by atoms with Gasteiger partial charge >= 0.3 is 0 Å². The van der Waals surface area contributed by atoms with Crippen molar-refractivity contribution in [3.05, 3.63) is 58.7 Å². The predicted octanol–water partition coefficient (Wildman–Crippen LogP) is 4.77. The lowest BCUT2D eigenvalue weighted by Crippen LogP contribution is -2.19. The number of nitrogens with zero attached hydrogens (tertiary/aromatic N) is 1. The van der Waals surface area contributed by atoms with Crippen LogP contribution in [0.15, 0.2) is 47.6 Å². The number of benzene rings is 1. The maximum Gasteiger partial charge on any atom is 0.101 e. The third-order valence-electron chi connectivity index (χ3n) is 3.04. The molecule has 0 saturated carbocycles. The molecule has 0 aliphatic rings. The molecule has 2 rings (SSSR count). The number of thioether (sulfide) groups is 1. The predicted molar refractivity (Wildman–Crippen MR) is 91.8 cm³/mol. The minimum absolute atomic E-state index is 0.654. The van der Waals surface area contributed by atoms with E-state index in [2.05, 4.69) is 36.3 Å². The maximum absolute atomic E-state index is 6.20. The Labute approximate surface area is 136 Å². The summed E-state index contributed by atoms with van der Waals surface area (Å²) in [5.74, 6) is 1.49. The molecule has 1 aromatic carbocycles. The molecule has 1 heterocycles. The van der Waals surface area contributed by atoms with Crippen LogP contribution in [-0.4, -0.2) is 11.5 Å². The number of hydrogen-bond acceptors (Lipinski definition) is 3. The maximum atomic E-state index is 6.20. The van der Waals surface area contributed by atoms with Crippen molar-refractivity contribution < 1.29 is 0 Å². The zero-order valence-corrected chi connectivity index (χ0v) is 14.0. The van der Waals surface area contributed by atoms with Crippen molar-refractivity contribution in [2.75, 3.05) is 6.54 Å². The first-order valence-corrected chi connectivity index (χ1v) is 8.54. The van der Waals surface area contributed by atoms with Gasteiger partial charge in [0.15, 0.2) is 0 Å². The highest BCUT2D eigenvalue weighted by atomic mass is 35.5. The lowest BCUT2D eigenvalue weighted by atomic mass is 10.2. The second-order valence-corrected chi connectivity index (χ2v) is 6.74. The lowest BCUT2D eigenvalue weighted by Gasteiger charge is -2.11. The Hall–Kier alpha value is -1.03. The van der Waals surface area contributed by atoms with Crippen molar-refractivity contribution in [3.8, 4) is 0 Å². The first kappa shape index (κ1) is 16.3. The Kier molecular flexibility index (Phi) is 6.55. The summed E-state index contributed by atoms with van der Waals surface area (Å²) in [6.45, 7) is 6.30. The van der Waals surface area contributed by atoms with E-state index in [0.29, 0.717) is 5.92 Å². The van der Waals surface area contributed by atoms with Gasteiger partial charge in [0.2, 0.25) is 0 Å². The van der Waals surface area contributed by atoms with Gasteiger partial charge < -0.3 is 5.32 Å². The third-order valence-corrected chi connectivity index (χ3v) is 4.51. The molecule has 112 valence electrons. The number of hydrogen-bond donors (Lipinski definition) is 1. The SMILES string of the molecule is CC(C)CNCc1cccnc1SCc1ccccc1Cl. The molecule has 0 saturated heterocycles. The normalized spacial score (nSPS) is 11.0. The Morgan fingerprint density at radius 1 is 1.14 bits per heavy atom. The van der Waals surface area contributed by atoms with E-state index >= 15 is 0 Å². The summed E-state index contributed by atoms with van der Waals surface area (Å²) >= 11 is 7.94. The van der Waals surface area contributed by atoms with Gasteiger partial charge in [-0.05, 0) is 35.7 Å². The lowest BCUT2D eigenvalue weighted by molar-refractivity contribution is 0.549. The molecule has 0 amide bonds. The molecule has 4 heteroatoms. The van der Waals surface area contributed by atoms with Gasteiger partial charge in [-0.25, -0.2) is 4.98 Å². The van der Waals surface area contributed by atoms with E-state index in [4.69, 9.17) is 11.6 Å². The Morgan fingerprint density at radius 2 is 1.90 bits per heavy atom. The van der Waals surface area contributed by atoms with E-state index in [1.165, 1.54) is 5.56 Å². The van der Waals surface area contributed by atoms with E-state index in [9.17, 15) is 0 Å². The summed E-state index contributed by atoms with van der Waals surface area (Å²) < 4.78 is 0. The quantitative estimate of drug-likeness (QED) is 0.744. The number of nitrogens with one attached hydrogen (secondary N) is 1. The highest BCUT2D eigenvalue weighted by Crippen LogP contribution is 2.27. The number of aromatic nitrogens is 1. The van der Waals surface area contributed by atoms with E-state index < -0.39 is 0 Å². The van der Waals surface area contributed by atoms with Crippen molar-refractivity contribution in [1.82, 2.24) is 10.3 Å². The third kappa shape index (κ3) is 5.34. The van der Waals surface area contributed by atoms with Crippen LogP contribution in [0.1, 0.15) is 25.0 Å². The van der Waals surface area contributed by atoms with Crippen molar-refractivity contribution in [1.29, 1.82) is 0 Å². The summed E-state index contributed by atoms with van der Waals surface area (Å²) in [5, 5.41) is 5.37. The zero-order chi connectivity index (χ0) is 15.1. The van der Waals surface area contributed by atoms with Crippen LogP contribution in [0.3, 0.4) is 0 Å². The summed E-state index contributed by atoms with van der Waals surface area (Å²) in [5.41, 5.74) is 2.39. The van der Waals surface area contributed by atoms with Crippen molar-refractivity contribution in [2.24, 2.45) is 5.92 Å². The van der Waals surface area contributed by atoms with Crippen LogP contribution in [-0.2, 0) is 12.3 Å². The molecule has 0 unspecified atom stereocenters. The van der Waals surface area contributed by atoms with Crippen LogP contribution >= 0.6 is 23.4 Å². The Bertz CT molecular complexity index is 572. The molecule has 2 nitrogen and oxygen atoms in total. The number of rotatable bonds is 7. The van der Waals surface area contributed by atoms with Crippen molar-refractivity contribution in [2.45, 2.75) is 31.2 Å². The molecular formula is C17H21ClN2S. The molecule has 0 aliphatic carbocycles. The fraction of sp³-hybridized carbons (Fsp3) is 0.353. The van der Waals surface area contributed by atoms with Crippen LogP contribution in [0.5, 0.6) is 0 Å². The standard InChI is InChI=1S/C17H21ClN2S/c1-13(2)10-19-11-14-7-5-9-20-17(14)21-12-15-6-3-4-8-16(15)18/h3-9,13,19H,10-12H2,1-2H3. The summed E-state index contributed by atoms with van der Waals surface area (Å²) in [6.07, 6.45) is 1.85. The molecule has 0 bridgehead atoms. The molecule has 21 heavy (non-hydrogen) atoms. The first-order valence-electron chi connectivity index (χ1n) is 7.17. The molecule has 1 aromatic heterocycles. The van der Waals surface area contributed by atoms with Crippen LogP contribution < -0.4 is 5.32 Å². The summed E-state index contributed by atoms with van der Waals surface area (Å²) in [7, 11) is 0. The highest BCUT2D eigenvalue weighted by molar-refractivity contribution is 7.98. The molecular weight excluding hydrogens is 300 g/mol. The summed E-state index contributed by atoms with van der Waals surface area (Å²) in [6, 6.07) is 12.1. The smallest absolute Gasteiger partial charge is 0.101 e. The monoisotopic (exact) mass is 320 g/mol. The average Bonchev–Trinajstić information content (AvgIpc) is 2.47. The topological polar surface area (TPSA) is 24.9 Å². The molecule has 1 N–H and O–H groups in total. The van der Waals surface area contributed by atoms with E-state index in [1.54, 1.807) is 11.8 Å². The molecule has 2 aromatic rings. The minimum atomic E-state index is 0.654. The average molecular weight is 321 g/mol. The largest absolute Gasteiger partial charge is 0.312 e. The fourth-order valence-corrected chi connectivity index (χ4v) is 3.23. The molecule has 0 radical (unpaired) electrons. The van der Waals surface area contributed by atoms with E-state index in [1.807, 2.05) is 30.5 Å². The number of halogens is 1. The van der Waals surface area contributed by atoms with Crippen LogP contribution in [0.25, 0.3) is 0 Å². The van der Waals surface area contributed by atoms with Gasteiger partial charge in [0.1, 0.15) is 5.03 Å². The highest BCUT2D eigenvalue weighted by Gasteiger charge is 2.06. The minimum Gasteiger partial charge on any atom is -0.312 e. The van der Waals surface area contributed by atoms with Crippen molar-refractivity contribution in [3.63, 3.8) is 0 Å². The van der Waals surface area contributed by atoms with Gasteiger partial charge in [0, 0.05) is 23.5 Å². The van der Waals surface area contributed by atoms with Gasteiger partial charge in [-0.1, -0.05) is 49.7 Å².